The summed E-state index contributed by atoms with van der Waals surface area (Å²) in [7, 11) is 0. The van der Waals surface area contributed by atoms with Crippen molar-refractivity contribution in [3.63, 3.8) is 0 Å². The first-order chi connectivity index (χ1) is 10.3. The largest absolute Gasteiger partial charge is 0.240 e. The molecule has 0 spiro atoms. The van der Waals surface area contributed by atoms with E-state index in [1.54, 1.807) is 0 Å². The van der Waals surface area contributed by atoms with E-state index in [4.69, 9.17) is 0 Å². The van der Waals surface area contributed by atoms with Crippen molar-refractivity contribution < 1.29 is 0 Å². The Bertz CT molecular complexity index is 806. The molecule has 0 saturated heterocycles. The molecule has 3 heteroatoms. The molecule has 3 rings (SSSR count). The summed E-state index contributed by atoms with van der Waals surface area (Å²) < 4.78 is 0.732. The molecular weight excluding hydrogens is 371 g/mol. The Balaban J connectivity index is 2.24. The molecule has 0 amide bonds. The summed E-state index contributed by atoms with van der Waals surface area (Å²) in [5.74, 6) is 0. The molecule has 0 saturated carbocycles. The first kappa shape index (κ1) is 13.8. The van der Waals surface area contributed by atoms with E-state index in [1.807, 2.05) is 66.7 Å². The van der Waals surface area contributed by atoms with Crippen molar-refractivity contribution in [2.24, 2.45) is 0 Å². The van der Waals surface area contributed by atoms with E-state index < -0.39 is 0 Å². The fraction of sp³-hybridized carbons (Fsp3) is 0. The molecule has 2 aromatic carbocycles. The van der Waals surface area contributed by atoms with E-state index in [2.05, 4.69) is 33.6 Å². The van der Waals surface area contributed by atoms with Crippen LogP contribution in [0.2, 0.25) is 0 Å². The smallest absolute Gasteiger partial charge is 0.120 e. The molecule has 0 atom stereocenters. The van der Waals surface area contributed by atoms with E-state index in [9.17, 15) is 5.26 Å². The lowest BCUT2D eigenvalue weighted by Crippen LogP contribution is -1.95. The second-order valence-corrected chi connectivity index (χ2v) is 5.59. The summed E-state index contributed by atoms with van der Waals surface area (Å²) in [5, 5.41) is 9.43. The van der Waals surface area contributed by atoms with Gasteiger partial charge in [0.25, 0.3) is 0 Å². The van der Waals surface area contributed by atoms with Crippen molar-refractivity contribution >= 4 is 22.6 Å². The van der Waals surface area contributed by atoms with Gasteiger partial charge in [-0.2, -0.15) is 5.26 Å². The van der Waals surface area contributed by atoms with Gasteiger partial charge in [0.05, 0.1) is 11.3 Å². The minimum Gasteiger partial charge on any atom is -0.240 e. The third kappa shape index (κ3) is 2.81. The normalized spacial score (nSPS) is 10.1. The Kier molecular flexibility index (Phi) is 3.98. The van der Waals surface area contributed by atoms with Gasteiger partial charge >= 0.3 is 0 Å². The number of hydrogen-bond donors (Lipinski definition) is 0. The molecule has 0 aliphatic heterocycles. The lowest BCUT2D eigenvalue weighted by atomic mass is 9.99. The molecule has 100 valence electrons. The maximum absolute atomic E-state index is 9.43. The van der Waals surface area contributed by atoms with Crippen LogP contribution in [0.15, 0.2) is 66.7 Å². The van der Waals surface area contributed by atoms with E-state index in [-0.39, 0.29) is 0 Å². The molecule has 21 heavy (non-hydrogen) atoms. The topological polar surface area (TPSA) is 36.7 Å². The van der Waals surface area contributed by atoms with Crippen molar-refractivity contribution in [2.45, 2.75) is 0 Å². The van der Waals surface area contributed by atoms with Gasteiger partial charge in [0.2, 0.25) is 0 Å². The number of pyridine rings is 1. The average Bonchev–Trinajstić information content (AvgIpc) is 2.55. The van der Waals surface area contributed by atoms with Gasteiger partial charge in [-0.25, -0.2) is 4.98 Å². The molecular formula is C18H11IN2. The van der Waals surface area contributed by atoms with Crippen LogP contribution in [0.1, 0.15) is 5.56 Å². The second kappa shape index (κ2) is 6.06. The van der Waals surface area contributed by atoms with E-state index >= 15 is 0 Å². The zero-order valence-electron chi connectivity index (χ0n) is 11.1. The molecule has 0 fully saturated rings. The minimum absolute atomic E-state index is 0.626. The van der Waals surface area contributed by atoms with Gasteiger partial charge in [-0.05, 0) is 34.2 Å². The van der Waals surface area contributed by atoms with E-state index in [0.29, 0.717) is 5.56 Å². The SMILES string of the molecule is N#Cc1c(-c2ccccc2)cc(-c2ccccc2)nc1I. The van der Waals surface area contributed by atoms with Crippen LogP contribution in [-0.2, 0) is 0 Å². The van der Waals surface area contributed by atoms with Gasteiger partial charge in [0.1, 0.15) is 9.77 Å². The number of hydrogen-bond acceptors (Lipinski definition) is 2. The Labute approximate surface area is 137 Å². The molecule has 0 aliphatic rings. The minimum atomic E-state index is 0.626. The highest BCUT2D eigenvalue weighted by atomic mass is 127. The predicted molar refractivity (Wildman–Crippen MR) is 92.5 cm³/mol. The number of nitrogens with zero attached hydrogens (tertiary/aromatic N) is 2. The van der Waals surface area contributed by atoms with Crippen LogP contribution in [-0.4, -0.2) is 4.98 Å². The third-order valence-electron chi connectivity index (χ3n) is 3.24. The van der Waals surface area contributed by atoms with Crippen LogP contribution in [0, 0.1) is 15.0 Å². The van der Waals surface area contributed by atoms with Crippen LogP contribution < -0.4 is 0 Å². The summed E-state index contributed by atoms with van der Waals surface area (Å²) in [4.78, 5) is 4.56. The quantitative estimate of drug-likeness (QED) is 0.467. The molecule has 0 N–H and O–H groups in total. The molecule has 0 aliphatic carbocycles. The van der Waals surface area contributed by atoms with E-state index in [0.717, 1.165) is 26.1 Å². The van der Waals surface area contributed by atoms with Gasteiger partial charge in [-0.3, -0.25) is 0 Å². The zero-order valence-corrected chi connectivity index (χ0v) is 13.3. The van der Waals surface area contributed by atoms with Gasteiger partial charge < -0.3 is 0 Å². The third-order valence-corrected chi connectivity index (χ3v) is 4.02. The lowest BCUT2D eigenvalue weighted by molar-refractivity contribution is 1.25. The average molecular weight is 382 g/mol. The zero-order chi connectivity index (χ0) is 14.7. The summed E-state index contributed by atoms with van der Waals surface area (Å²) in [6.07, 6.45) is 0. The number of aromatic nitrogens is 1. The molecule has 0 bridgehead atoms. The summed E-state index contributed by atoms with van der Waals surface area (Å²) >= 11 is 2.13. The number of halogens is 1. The molecule has 0 radical (unpaired) electrons. The van der Waals surface area contributed by atoms with Crippen molar-refractivity contribution in [3.8, 4) is 28.5 Å². The standard InChI is InChI=1S/C18H11IN2/c19-18-16(12-20)15(13-7-3-1-4-8-13)11-17(21-18)14-9-5-2-6-10-14/h1-11H. The fourth-order valence-electron chi connectivity index (χ4n) is 2.22. The van der Waals surface area contributed by atoms with Crippen molar-refractivity contribution in [1.82, 2.24) is 4.98 Å². The first-order valence-corrected chi connectivity index (χ1v) is 7.59. The Hall–Kier alpha value is -2.19. The number of nitriles is 1. The van der Waals surface area contributed by atoms with Crippen LogP contribution in [0.5, 0.6) is 0 Å². The summed E-state index contributed by atoms with van der Waals surface area (Å²) in [5.41, 5.74) is 4.53. The Morgan fingerprint density at radius 3 is 2.00 bits per heavy atom. The van der Waals surface area contributed by atoms with Crippen LogP contribution in [0.25, 0.3) is 22.4 Å². The fourth-order valence-corrected chi connectivity index (χ4v) is 2.89. The van der Waals surface area contributed by atoms with Crippen molar-refractivity contribution in [2.75, 3.05) is 0 Å². The first-order valence-electron chi connectivity index (χ1n) is 6.51. The van der Waals surface area contributed by atoms with Crippen LogP contribution >= 0.6 is 22.6 Å². The Morgan fingerprint density at radius 1 is 0.857 bits per heavy atom. The summed E-state index contributed by atoms with van der Waals surface area (Å²) in [6, 6.07) is 24.2. The molecule has 1 heterocycles. The monoisotopic (exact) mass is 382 g/mol. The molecule has 3 aromatic rings. The second-order valence-electron chi connectivity index (χ2n) is 4.56. The molecule has 0 unspecified atom stereocenters. The maximum Gasteiger partial charge on any atom is 0.120 e. The highest BCUT2D eigenvalue weighted by Gasteiger charge is 2.13. The molecule has 1 aromatic heterocycles. The van der Waals surface area contributed by atoms with Gasteiger partial charge in [0.15, 0.2) is 0 Å². The van der Waals surface area contributed by atoms with Gasteiger partial charge in [0, 0.05) is 11.1 Å². The maximum atomic E-state index is 9.43. The lowest BCUT2D eigenvalue weighted by Gasteiger charge is -2.09. The number of benzene rings is 2. The molecule has 2 nitrogen and oxygen atoms in total. The predicted octanol–water partition coefficient (Wildman–Crippen LogP) is 4.89. The Morgan fingerprint density at radius 2 is 1.43 bits per heavy atom. The van der Waals surface area contributed by atoms with Gasteiger partial charge in [-0.1, -0.05) is 60.7 Å². The van der Waals surface area contributed by atoms with Gasteiger partial charge in [-0.15, -0.1) is 0 Å². The van der Waals surface area contributed by atoms with Crippen molar-refractivity contribution in [3.05, 3.63) is 76.0 Å². The highest BCUT2D eigenvalue weighted by Crippen LogP contribution is 2.30. The highest BCUT2D eigenvalue weighted by molar-refractivity contribution is 14.1. The van der Waals surface area contributed by atoms with E-state index in [1.165, 1.54) is 0 Å². The van der Waals surface area contributed by atoms with Crippen molar-refractivity contribution in [1.29, 1.82) is 5.26 Å². The van der Waals surface area contributed by atoms with Crippen LogP contribution in [0.4, 0.5) is 0 Å². The summed E-state index contributed by atoms with van der Waals surface area (Å²) in [6.45, 7) is 0. The number of rotatable bonds is 2. The van der Waals surface area contributed by atoms with Crippen LogP contribution in [0.3, 0.4) is 0 Å².